The standard InChI is InChI=1S/C8H17N3O3/c9-7(13)1-3-11(5-6-12)4-2-8(10)14/h12H,1-6H2,(H2,9,13)(H2,10,14). The van der Waals surface area contributed by atoms with Crippen molar-refractivity contribution in [2.24, 2.45) is 11.5 Å². The zero-order chi connectivity index (χ0) is 11.0. The number of rotatable bonds is 8. The predicted molar refractivity (Wildman–Crippen MR) is 51.1 cm³/mol. The normalized spacial score (nSPS) is 10.4. The van der Waals surface area contributed by atoms with Crippen molar-refractivity contribution in [1.82, 2.24) is 4.90 Å². The van der Waals surface area contributed by atoms with Crippen LogP contribution in [0.4, 0.5) is 0 Å². The molecule has 0 aliphatic heterocycles. The second-order valence-electron chi connectivity index (χ2n) is 3.00. The second kappa shape index (κ2) is 7.28. The molecule has 0 aliphatic rings. The summed E-state index contributed by atoms with van der Waals surface area (Å²) < 4.78 is 0. The largest absolute Gasteiger partial charge is 0.395 e. The lowest BCUT2D eigenvalue weighted by molar-refractivity contribution is -0.118. The smallest absolute Gasteiger partial charge is 0.218 e. The van der Waals surface area contributed by atoms with E-state index in [0.29, 0.717) is 19.6 Å². The number of carbonyl (C=O) groups excluding carboxylic acids is 2. The van der Waals surface area contributed by atoms with E-state index in [1.807, 2.05) is 0 Å². The molecule has 0 aromatic heterocycles. The molecule has 0 aliphatic carbocycles. The lowest BCUT2D eigenvalue weighted by atomic mass is 10.3. The molecule has 0 radical (unpaired) electrons. The maximum atomic E-state index is 10.5. The van der Waals surface area contributed by atoms with Gasteiger partial charge in [-0.05, 0) is 0 Å². The van der Waals surface area contributed by atoms with Crippen LogP contribution < -0.4 is 11.5 Å². The summed E-state index contributed by atoms with van der Waals surface area (Å²) in [6, 6.07) is 0. The summed E-state index contributed by atoms with van der Waals surface area (Å²) in [6.45, 7) is 1.30. The first-order valence-electron chi connectivity index (χ1n) is 4.46. The van der Waals surface area contributed by atoms with Crippen molar-refractivity contribution in [1.29, 1.82) is 0 Å². The van der Waals surface area contributed by atoms with Crippen LogP contribution in [0.25, 0.3) is 0 Å². The number of hydrogen-bond acceptors (Lipinski definition) is 4. The summed E-state index contributed by atoms with van der Waals surface area (Å²) in [4.78, 5) is 22.7. The van der Waals surface area contributed by atoms with Crippen molar-refractivity contribution in [3.8, 4) is 0 Å². The number of nitrogens with two attached hydrogens (primary N) is 2. The average Bonchev–Trinajstić information content (AvgIpc) is 2.09. The molecule has 0 aromatic rings. The maximum Gasteiger partial charge on any atom is 0.218 e. The summed E-state index contributed by atoms with van der Waals surface area (Å²) in [5.74, 6) is -0.793. The van der Waals surface area contributed by atoms with Gasteiger partial charge in [-0.15, -0.1) is 0 Å². The Kier molecular flexibility index (Phi) is 6.69. The zero-order valence-corrected chi connectivity index (χ0v) is 8.11. The Morgan fingerprint density at radius 2 is 1.43 bits per heavy atom. The van der Waals surface area contributed by atoms with Crippen molar-refractivity contribution in [2.45, 2.75) is 12.8 Å². The molecule has 5 N–H and O–H groups in total. The molecular weight excluding hydrogens is 186 g/mol. The van der Waals surface area contributed by atoms with E-state index in [2.05, 4.69) is 0 Å². The number of carbonyl (C=O) groups is 2. The van der Waals surface area contributed by atoms with Gasteiger partial charge >= 0.3 is 0 Å². The molecule has 0 heterocycles. The van der Waals surface area contributed by atoms with Crippen LogP contribution in [0.3, 0.4) is 0 Å². The molecule has 2 amide bonds. The maximum absolute atomic E-state index is 10.5. The quantitative estimate of drug-likeness (QED) is 0.425. The molecule has 6 nitrogen and oxygen atoms in total. The van der Waals surface area contributed by atoms with E-state index in [9.17, 15) is 9.59 Å². The number of aliphatic hydroxyl groups excluding tert-OH is 1. The predicted octanol–water partition coefficient (Wildman–Crippen LogP) is -1.97. The van der Waals surface area contributed by atoms with E-state index in [1.54, 1.807) is 4.90 Å². The molecule has 0 saturated heterocycles. The van der Waals surface area contributed by atoms with Crippen molar-refractivity contribution in [3.05, 3.63) is 0 Å². The van der Waals surface area contributed by atoms with E-state index in [1.165, 1.54) is 0 Å². The van der Waals surface area contributed by atoms with E-state index in [0.717, 1.165) is 0 Å². The highest BCUT2D eigenvalue weighted by Crippen LogP contribution is 1.93. The van der Waals surface area contributed by atoms with Gasteiger partial charge in [0.15, 0.2) is 0 Å². The molecule has 0 saturated carbocycles. The minimum Gasteiger partial charge on any atom is -0.395 e. The topological polar surface area (TPSA) is 110 Å². The van der Waals surface area contributed by atoms with Crippen molar-refractivity contribution < 1.29 is 14.7 Å². The zero-order valence-electron chi connectivity index (χ0n) is 8.11. The third kappa shape index (κ3) is 7.51. The molecule has 82 valence electrons. The van der Waals surface area contributed by atoms with Gasteiger partial charge in [-0.3, -0.25) is 9.59 Å². The van der Waals surface area contributed by atoms with Crippen LogP contribution in [0.2, 0.25) is 0 Å². The summed E-state index contributed by atoms with van der Waals surface area (Å²) >= 11 is 0. The summed E-state index contributed by atoms with van der Waals surface area (Å²) in [5.41, 5.74) is 9.95. The van der Waals surface area contributed by atoms with Gasteiger partial charge in [0.1, 0.15) is 0 Å². The first kappa shape index (κ1) is 12.9. The molecule has 0 unspecified atom stereocenters. The first-order chi connectivity index (χ1) is 6.56. The van der Waals surface area contributed by atoms with Gasteiger partial charge in [0.25, 0.3) is 0 Å². The summed E-state index contributed by atoms with van der Waals surface area (Å²) in [7, 11) is 0. The van der Waals surface area contributed by atoms with Crippen LogP contribution in [0.1, 0.15) is 12.8 Å². The van der Waals surface area contributed by atoms with Gasteiger partial charge in [0.05, 0.1) is 6.61 Å². The monoisotopic (exact) mass is 203 g/mol. The van der Waals surface area contributed by atoms with Crippen molar-refractivity contribution >= 4 is 11.8 Å². The van der Waals surface area contributed by atoms with Crippen molar-refractivity contribution in [3.63, 3.8) is 0 Å². The van der Waals surface area contributed by atoms with Gasteiger partial charge in [0.2, 0.25) is 11.8 Å². The van der Waals surface area contributed by atoms with Gasteiger partial charge < -0.3 is 21.5 Å². The van der Waals surface area contributed by atoms with E-state index >= 15 is 0 Å². The third-order valence-corrected chi connectivity index (χ3v) is 1.77. The second-order valence-corrected chi connectivity index (χ2v) is 3.00. The lowest BCUT2D eigenvalue weighted by Crippen LogP contribution is -2.33. The van der Waals surface area contributed by atoms with Gasteiger partial charge in [-0.25, -0.2) is 0 Å². The van der Waals surface area contributed by atoms with E-state index in [-0.39, 0.29) is 19.4 Å². The van der Waals surface area contributed by atoms with Crippen LogP contribution in [-0.4, -0.2) is 48.1 Å². The van der Waals surface area contributed by atoms with E-state index in [4.69, 9.17) is 16.6 Å². The molecule has 0 spiro atoms. The Balaban J connectivity index is 3.76. The fourth-order valence-electron chi connectivity index (χ4n) is 1.01. The Labute approximate surface area is 82.9 Å². The van der Waals surface area contributed by atoms with Gasteiger partial charge in [-0.2, -0.15) is 0 Å². The minimum absolute atomic E-state index is 0.0163. The Hall–Kier alpha value is -1.14. The Bertz CT molecular complexity index is 178. The van der Waals surface area contributed by atoms with Crippen LogP contribution in [0.15, 0.2) is 0 Å². The summed E-state index contributed by atoms with van der Waals surface area (Å²) in [6.07, 6.45) is 0.442. The Morgan fingerprint density at radius 3 is 1.71 bits per heavy atom. The fourth-order valence-corrected chi connectivity index (χ4v) is 1.01. The number of nitrogens with zero attached hydrogens (tertiary/aromatic N) is 1. The molecule has 0 rings (SSSR count). The van der Waals surface area contributed by atoms with Crippen molar-refractivity contribution in [2.75, 3.05) is 26.2 Å². The molecule has 6 heteroatoms. The van der Waals surface area contributed by atoms with Crippen LogP contribution in [0.5, 0.6) is 0 Å². The van der Waals surface area contributed by atoms with Crippen LogP contribution in [0, 0.1) is 0 Å². The SMILES string of the molecule is NC(=O)CCN(CCO)CCC(N)=O. The lowest BCUT2D eigenvalue weighted by Gasteiger charge is -2.19. The van der Waals surface area contributed by atoms with E-state index < -0.39 is 11.8 Å². The highest BCUT2D eigenvalue weighted by molar-refractivity contribution is 5.74. The molecular formula is C8H17N3O3. The van der Waals surface area contributed by atoms with Crippen LogP contribution >= 0.6 is 0 Å². The number of amides is 2. The number of primary amides is 2. The average molecular weight is 203 g/mol. The molecule has 0 fully saturated rings. The minimum atomic E-state index is -0.396. The highest BCUT2D eigenvalue weighted by Gasteiger charge is 2.07. The summed E-state index contributed by atoms with van der Waals surface area (Å²) in [5, 5.41) is 8.69. The Morgan fingerprint density at radius 1 is 1.00 bits per heavy atom. The molecule has 0 bridgehead atoms. The third-order valence-electron chi connectivity index (χ3n) is 1.77. The fraction of sp³-hybridized carbons (Fsp3) is 0.750. The number of hydrogen-bond donors (Lipinski definition) is 3. The number of aliphatic hydroxyl groups is 1. The molecule has 14 heavy (non-hydrogen) atoms. The molecule has 0 aromatic carbocycles. The van der Waals surface area contributed by atoms with Crippen LogP contribution in [-0.2, 0) is 9.59 Å². The van der Waals surface area contributed by atoms with Gasteiger partial charge in [-0.1, -0.05) is 0 Å². The first-order valence-corrected chi connectivity index (χ1v) is 4.46. The molecule has 0 atom stereocenters. The van der Waals surface area contributed by atoms with Gasteiger partial charge in [0, 0.05) is 32.5 Å². The highest BCUT2D eigenvalue weighted by atomic mass is 16.3.